The Bertz CT molecular complexity index is 934. The van der Waals surface area contributed by atoms with Gasteiger partial charge < -0.3 is 5.32 Å². The Hall–Kier alpha value is -1.90. The first-order valence-electron chi connectivity index (χ1n) is 8.24. The summed E-state index contributed by atoms with van der Waals surface area (Å²) in [5, 5.41) is 7.07. The number of hydrogen-bond donors (Lipinski definition) is 1. The molecule has 0 radical (unpaired) electrons. The molecule has 7 nitrogen and oxygen atoms in total. The smallest absolute Gasteiger partial charge is 0.259 e. The molecule has 0 atom stereocenters. The minimum absolute atomic E-state index is 0.0275. The maximum atomic E-state index is 12.8. The lowest BCUT2D eigenvalue weighted by atomic mass is 10.2. The minimum atomic E-state index is -3.73. The second-order valence-corrected chi connectivity index (χ2v) is 8.17. The number of aryl methyl sites for hydroxylation is 2. The lowest BCUT2D eigenvalue weighted by Gasteiger charge is -2.19. The molecule has 0 fully saturated rings. The van der Waals surface area contributed by atoms with Gasteiger partial charge in [-0.05, 0) is 32.0 Å². The van der Waals surface area contributed by atoms with Gasteiger partial charge in [0.2, 0.25) is 10.0 Å². The van der Waals surface area contributed by atoms with E-state index in [1.54, 1.807) is 45.5 Å². The van der Waals surface area contributed by atoms with Crippen LogP contribution in [0.3, 0.4) is 0 Å². The molecule has 0 aliphatic heterocycles. The van der Waals surface area contributed by atoms with Gasteiger partial charge in [-0.1, -0.05) is 25.4 Å². The molecule has 1 aromatic carbocycles. The molecular weight excluding hydrogens is 376 g/mol. The molecule has 0 saturated carbocycles. The van der Waals surface area contributed by atoms with Gasteiger partial charge in [0.1, 0.15) is 4.90 Å². The van der Waals surface area contributed by atoms with Crippen LogP contribution in [0.1, 0.15) is 35.6 Å². The predicted octanol–water partition coefficient (Wildman–Crippen LogP) is 2.97. The number of nitrogens with zero attached hydrogens (tertiary/aromatic N) is 3. The molecule has 1 amide bonds. The van der Waals surface area contributed by atoms with Crippen molar-refractivity contribution in [2.45, 2.75) is 32.6 Å². The number of anilines is 1. The third-order valence-electron chi connectivity index (χ3n) is 4.25. The summed E-state index contributed by atoms with van der Waals surface area (Å²) in [7, 11) is -1.97. The first kappa shape index (κ1) is 20.4. The Balaban J connectivity index is 2.40. The van der Waals surface area contributed by atoms with E-state index in [-0.39, 0.29) is 15.8 Å². The van der Waals surface area contributed by atoms with Crippen molar-refractivity contribution in [3.05, 3.63) is 40.2 Å². The molecule has 1 aromatic heterocycles. The van der Waals surface area contributed by atoms with Crippen LogP contribution in [0.2, 0.25) is 5.02 Å². The van der Waals surface area contributed by atoms with Gasteiger partial charge in [0, 0.05) is 31.5 Å². The fourth-order valence-corrected chi connectivity index (χ4v) is 4.74. The zero-order valence-electron chi connectivity index (χ0n) is 15.5. The van der Waals surface area contributed by atoms with Crippen molar-refractivity contribution < 1.29 is 13.2 Å². The molecule has 0 unspecified atom stereocenters. The van der Waals surface area contributed by atoms with E-state index in [1.807, 2.05) is 0 Å². The molecule has 0 aliphatic carbocycles. The number of hydrogen-bond acceptors (Lipinski definition) is 4. The quantitative estimate of drug-likeness (QED) is 0.810. The van der Waals surface area contributed by atoms with E-state index in [4.69, 9.17) is 11.6 Å². The molecule has 2 rings (SSSR count). The number of amides is 1. The van der Waals surface area contributed by atoms with Gasteiger partial charge in [0.25, 0.3) is 5.91 Å². The number of carbonyl (C=O) groups is 1. The summed E-state index contributed by atoms with van der Waals surface area (Å²) in [5.74, 6) is -0.346. The normalized spacial score (nSPS) is 11.8. The summed E-state index contributed by atoms with van der Waals surface area (Å²) in [5.41, 5.74) is 2.15. The Morgan fingerprint density at radius 2 is 1.88 bits per heavy atom. The van der Waals surface area contributed by atoms with Crippen LogP contribution in [0.15, 0.2) is 23.1 Å². The van der Waals surface area contributed by atoms with E-state index in [2.05, 4.69) is 10.4 Å². The predicted molar refractivity (Wildman–Crippen MR) is 102 cm³/mol. The van der Waals surface area contributed by atoms with E-state index in [9.17, 15) is 13.2 Å². The van der Waals surface area contributed by atoms with Crippen molar-refractivity contribution in [2.75, 3.05) is 18.4 Å². The fraction of sp³-hybridized carbons (Fsp3) is 0.412. The van der Waals surface area contributed by atoms with Crippen molar-refractivity contribution in [3.63, 3.8) is 0 Å². The Kier molecular flexibility index (Phi) is 6.10. The molecule has 0 saturated heterocycles. The van der Waals surface area contributed by atoms with E-state index in [0.717, 1.165) is 5.69 Å². The van der Waals surface area contributed by atoms with Gasteiger partial charge in [-0.3, -0.25) is 9.48 Å². The third-order valence-corrected chi connectivity index (χ3v) is 6.78. The standard InChI is InChI=1S/C17H23ClN4O3S/c1-6-22(7-2)26(24,25)15-10-13(8-9-14(15)18)19-17(23)16-11(3)20-21(5)12(16)4/h8-10H,6-7H2,1-5H3,(H,19,23). The highest BCUT2D eigenvalue weighted by atomic mass is 35.5. The highest BCUT2D eigenvalue weighted by molar-refractivity contribution is 7.89. The zero-order valence-corrected chi connectivity index (χ0v) is 17.1. The number of benzene rings is 1. The van der Waals surface area contributed by atoms with Crippen LogP contribution in [-0.2, 0) is 17.1 Å². The first-order valence-corrected chi connectivity index (χ1v) is 10.1. The zero-order chi connectivity index (χ0) is 19.6. The van der Waals surface area contributed by atoms with E-state index in [0.29, 0.717) is 30.0 Å². The molecular formula is C17H23ClN4O3S. The average molecular weight is 399 g/mol. The van der Waals surface area contributed by atoms with Crippen LogP contribution in [0.4, 0.5) is 5.69 Å². The van der Waals surface area contributed by atoms with E-state index < -0.39 is 10.0 Å². The number of halogens is 1. The molecule has 26 heavy (non-hydrogen) atoms. The maximum Gasteiger partial charge on any atom is 0.259 e. The maximum absolute atomic E-state index is 12.8. The second kappa shape index (κ2) is 7.77. The lowest BCUT2D eigenvalue weighted by Crippen LogP contribution is -2.30. The van der Waals surface area contributed by atoms with E-state index in [1.165, 1.54) is 16.4 Å². The molecule has 1 N–H and O–H groups in total. The highest BCUT2D eigenvalue weighted by Gasteiger charge is 2.25. The Labute approximate surface area is 159 Å². The summed E-state index contributed by atoms with van der Waals surface area (Å²) in [4.78, 5) is 12.6. The van der Waals surface area contributed by atoms with Gasteiger partial charge in [-0.15, -0.1) is 0 Å². The minimum Gasteiger partial charge on any atom is -0.322 e. The summed E-state index contributed by atoms with van der Waals surface area (Å²) in [6, 6.07) is 4.42. The molecule has 0 aliphatic rings. The lowest BCUT2D eigenvalue weighted by molar-refractivity contribution is 0.102. The third kappa shape index (κ3) is 3.77. The largest absolute Gasteiger partial charge is 0.322 e. The Morgan fingerprint density at radius 1 is 1.27 bits per heavy atom. The molecule has 0 bridgehead atoms. The number of sulfonamides is 1. The summed E-state index contributed by atoms with van der Waals surface area (Å²) in [6.07, 6.45) is 0. The molecule has 142 valence electrons. The molecule has 1 heterocycles. The molecule has 9 heteroatoms. The van der Waals surface area contributed by atoms with Crippen LogP contribution >= 0.6 is 11.6 Å². The topological polar surface area (TPSA) is 84.3 Å². The van der Waals surface area contributed by atoms with Crippen molar-refractivity contribution in [1.82, 2.24) is 14.1 Å². The van der Waals surface area contributed by atoms with Gasteiger partial charge >= 0.3 is 0 Å². The van der Waals surface area contributed by atoms with Crippen LogP contribution in [-0.4, -0.2) is 41.5 Å². The summed E-state index contributed by atoms with van der Waals surface area (Å²) in [6.45, 7) is 7.73. The van der Waals surface area contributed by atoms with Gasteiger partial charge in [0.15, 0.2) is 0 Å². The summed E-state index contributed by atoms with van der Waals surface area (Å²) < 4.78 is 28.4. The van der Waals surface area contributed by atoms with E-state index >= 15 is 0 Å². The molecule has 0 spiro atoms. The number of nitrogens with one attached hydrogen (secondary N) is 1. The monoisotopic (exact) mass is 398 g/mol. The van der Waals surface area contributed by atoms with Crippen molar-refractivity contribution in [1.29, 1.82) is 0 Å². The van der Waals surface area contributed by atoms with Crippen LogP contribution in [0.5, 0.6) is 0 Å². The highest BCUT2D eigenvalue weighted by Crippen LogP contribution is 2.28. The Morgan fingerprint density at radius 3 is 2.38 bits per heavy atom. The second-order valence-electron chi connectivity index (χ2n) is 5.86. The van der Waals surface area contributed by atoms with Gasteiger partial charge in [-0.2, -0.15) is 9.40 Å². The van der Waals surface area contributed by atoms with Crippen LogP contribution < -0.4 is 5.32 Å². The molecule has 2 aromatic rings. The van der Waals surface area contributed by atoms with Gasteiger partial charge in [0.05, 0.1) is 16.3 Å². The average Bonchev–Trinajstić information content (AvgIpc) is 2.82. The van der Waals surface area contributed by atoms with Crippen molar-refractivity contribution in [2.24, 2.45) is 7.05 Å². The number of rotatable bonds is 6. The van der Waals surface area contributed by atoms with Gasteiger partial charge in [-0.25, -0.2) is 8.42 Å². The number of carbonyl (C=O) groups excluding carboxylic acids is 1. The van der Waals surface area contributed by atoms with Crippen molar-refractivity contribution in [3.8, 4) is 0 Å². The first-order chi connectivity index (χ1) is 12.1. The number of aromatic nitrogens is 2. The van der Waals surface area contributed by atoms with Crippen LogP contribution in [0.25, 0.3) is 0 Å². The van der Waals surface area contributed by atoms with Crippen molar-refractivity contribution >= 4 is 33.2 Å². The SMILES string of the molecule is CCN(CC)S(=O)(=O)c1cc(NC(=O)c2c(C)nn(C)c2C)ccc1Cl. The fourth-order valence-electron chi connectivity index (χ4n) is 2.78. The van der Waals surface area contributed by atoms with Crippen LogP contribution in [0, 0.1) is 13.8 Å². The summed E-state index contributed by atoms with van der Waals surface area (Å²) >= 11 is 6.11.